The van der Waals surface area contributed by atoms with Gasteiger partial charge in [0.1, 0.15) is 0 Å². The normalized spacial score (nSPS) is 10.9. The summed E-state index contributed by atoms with van der Waals surface area (Å²) in [5.41, 5.74) is 2.18. The summed E-state index contributed by atoms with van der Waals surface area (Å²) in [6, 6.07) is 15.6. The second-order valence-corrected chi connectivity index (χ2v) is 9.01. The van der Waals surface area contributed by atoms with Crippen molar-refractivity contribution in [3.63, 3.8) is 0 Å². The smallest absolute Gasteiger partial charge is 0.0638 e. The highest BCUT2D eigenvalue weighted by atomic mass is 35.5. The van der Waals surface area contributed by atoms with Crippen LogP contribution in [0, 0.1) is 0 Å². The fourth-order valence-corrected chi connectivity index (χ4v) is 3.79. The van der Waals surface area contributed by atoms with Gasteiger partial charge in [-0.2, -0.15) is 0 Å². The Morgan fingerprint density at radius 2 is 0.900 bits per heavy atom. The summed E-state index contributed by atoms with van der Waals surface area (Å²) in [6.45, 7) is 1.02. The molecular formula is C21H17Cl6N3. The summed E-state index contributed by atoms with van der Waals surface area (Å²) in [5, 5.41) is 13.5. The van der Waals surface area contributed by atoms with Gasteiger partial charge in [0, 0.05) is 28.2 Å². The Bertz CT molecular complexity index is 972. The molecule has 0 bridgehead atoms. The van der Waals surface area contributed by atoms with Crippen LogP contribution < -0.4 is 16.0 Å². The van der Waals surface area contributed by atoms with Crippen molar-refractivity contribution in [1.82, 2.24) is 0 Å². The van der Waals surface area contributed by atoms with E-state index in [1.54, 1.807) is 54.6 Å². The van der Waals surface area contributed by atoms with Gasteiger partial charge in [0.25, 0.3) is 0 Å². The molecule has 3 nitrogen and oxygen atoms in total. The minimum Gasteiger partial charge on any atom is -0.382 e. The first kappa shape index (κ1) is 23.5. The maximum Gasteiger partial charge on any atom is 0.0638 e. The number of rotatable bonds is 8. The average molecular weight is 524 g/mol. The molecule has 0 heterocycles. The van der Waals surface area contributed by atoms with Gasteiger partial charge < -0.3 is 16.0 Å². The van der Waals surface area contributed by atoms with Crippen molar-refractivity contribution in [2.24, 2.45) is 0 Å². The monoisotopic (exact) mass is 521 g/mol. The van der Waals surface area contributed by atoms with Crippen LogP contribution in [0.25, 0.3) is 0 Å². The summed E-state index contributed by atoms with van der Waals surface area (Å²) >= 11 is 37.2. The van der Waals surface area contributed by atoms with Gasteiger partial charge in [0.2, 0.25) is 0 Å². The van der Waals surface area contributed by atoms with Crippen LogP contribution >= 0.6 is 69.6 Å². The maximum atomic E-state index is 6.33. The summed E-state index contributed by atoms with van der Waals surface area (Å²) in [4.78, 5) is 0. The highest BCUT2D eigenvalue weighted by Gasteiger charge is 2.13. The number of hydrogen-bond acceptors (Lipinski definition) is 3. The predicted molar refractivity (Wildman–Crippen MR) is 134 cm³/mol. The predicted octanol–water partition coefficient (Wildman–Crippen LogP) is 8.61. The van der Waals surface area contributed by atoms with Crippen LogP contribution in [0.4, 0.5) is 17.1 Å². The molecule has 0 amide bonds. The van der Waals surface area contributed by atoms with Crippen molar-refractivity contribution in [1.29, 1.82) is 0 Å². The van der Waals surface area contributed by atoms with Gasteiger partial charge >= 0.3 is 0 Å². The molecule has 0 aliphatic carbocycles. The topological polar surface area (TPSA) is 36.1 Å². The molecule has 3 N–H and O–H groups in total. The molecule has 0 radical (unpaired) electrons. The highest BCUT2D eigenvalue weighted by molar-refractivity contribution is 6.36. The van der Waals surface area contributed by atoms with Crippen LogP contribution in [0.1, 0.15) is 0 Å². The number of halogens is 6. The Morgan fingerprint density at radius 1 is 0.533 bits per heavy atom. The molecule has 0 unspecified atom stereocenters. The Labute approximate surface area is 205 Å². The van der Waals surface area contributed by atoms with E-state index >= 15 is 0 Å². The SMILES string of the molecule is Clc1ccc(Cl)c(NCC(CNc2cc(Cl)ccc2Cl)Nc2cc(Cl)ccc2Cl)c1. The number of hydrogen-bond donors (Lipinski definition) is 3. The zero-order valence-electron chi connectivity index (χ0n) is 15.5. The minimum atomic E-state index is -0.119. The molecule has 30 heavy (non-hydrogen) atoms. The second kappa shape index (κ2) is 10.9. The molecular weight excluding hydrogens is 507 g/mol. The molecule has 0 fully saturated rings. The van der Waals surface area contributed by atoms with Gasteiger partial charge in [-0.3, -0.25) is 0 Å². The van der Waals surface area contributed by atoms with E-state index in [2.05, 4.69) is 16.0 Å². The molecule has 3 aromatic carbocycles. The van der Waals surface area contributed by atoms with Crippen LogP contribution in [0.3, 0.4) is 0 Å². The van der Waals surface area contributed by atoms with E-state index in [4.69, 9.17) is 69.6 Å². The van der Waals surface area contributed by atoms with E-state index < -0.39 is 0 Å². The van der Waals surface area contributed by atoms with Crippen molar-refractivity contribution >= 4 is 86.7 Å². The van der Waals surface area contributed by atoms with Gasteiger partial charge in [0.05, 0.1) is 38.2 Å². The lowest BCUT2D eigenvalue weighted by Crippen LogP contribution is -2.35. The zero-order chi connectivity index (χ0) is 21.7. The van der Waals surface area contributed by atoms with Crippen molar-refractivity contribution in [2.75, 3.05) is 29.0 Å². The van der Waals surface area contributed by atoms with Gasteiger partial charge in [-0.15, -0.1) is 0 Å². The van der Waals surface area contributed by atoms with E-state index in [1.807, 2.05) is 0 Å². The fourth-order valence-electron chi connectivity index (χ4n) is 2.73. The number of nitrogens with one attached hydrogen (secondary N) is 3. The number of anilines is 3. The molecule has 3 rings (SSSR count). The maximum absolute atomic E-state index is 6.33. The van der Waals surface area contributed by atoms with Crippen LogP contribution in [-0.4, -0.2) is 19.1 Å². The van der Waals surface area contributed by atoms with E-state index in [0.717, 1.165) is 11.4 Å². The van der Waals surface area contributed by atoms with Crippen molar-refractivity contribution in [3.8, 4) is 0 Å². The minimum absolute atomic E-state index is 0.119. The molecule has 0 aliphatic rings. The van der Waals surface area contributed by atoms with E-state index in [-0.39, 0.29) is 6.04 Å². The molecule has 9 heteroatoms. The average Bonchev–Trinajstić information content (AvgIpc) is 2.71. The summed E-state index contributed by atoms with van der Waals surface area (Å²) in [5.74, 6) is 0. The summed E-state index contributed by atoms with van der Waals surface area (Å²) in [7, 11) is 0. The molecule has 0 saturated carbocycles. The second-order valence-electron chi connectivity index (χ2n) is 6.48. The quantitative estimate of drug-likeness (QED) is 0.276. The Kier molecular flexibility index (Phi) is 8.52. The van der Waals surface area contributed by atoms with Gasteiger partial charge in [-0.05, 0) is 54.6 Å². The third-order valence-electron chi connectivity index (χ3n) is 4.22. The highest BCUT2D eigenvalue weighted by Crippen LogP contribution is 2.29. The Hall–Kier alpha value is -1.20. The fraction of sp³-hybridized carbons (Fsp3) is 0.143. The first-order valence-electron chi connectivity index (χ1n) is 8.91. The third-order valence-corrected chi connectivity index (χ3v) is 5.92. The largest absolute Gasteiger partial charge is 0.382 e. The van der Waals surface area contributed by atoms with E-state index in [1.165, 1.54) is 0 Å². The molecule has 0 saturated heterocycles. The third kappa shape index (κ3) is 6.65. The number of benzene rings is 3. The Morgan fingerprint density at radius 3 is 1.33 bits per heavy atom. The van der Waals surface area contributed by atoms with Crippen LogP contribution in [0.5, 0.6) is 0 Å². The lowest BCUT2D eigenvalue weighted by atomic mass is 10.2. The molecule has 0 aliphatic heterocycles. The first-order valence-corrected chi connectivity index (χ1v) is 11.2. The molecule has 0 spiro atoms. The van der Waals surface area contributed by atoms with Crippen LogP contribution in [0.2, 0.25) is 30.1 Å². The van der Waals surface area contributed by atoms with Gasteiger partial charge in [-0.25, -0.2) is 0 Å². The van der Waals surface area contributed by atoms with E-state index in [9.17, 15) is 0 Å². The van der Waals surface area contributed by atoms with Crippen molar-refractivity contribution < 1.29 is 0 Å². The van der Waals surface area contributed by atoms with E-state index in [0.29, 0.717) is 48.9 Å². The standard InChI is InChI=1S/C21H17Cl6N3/c22-12-1-4-16(25)19(7-12)28-10-15(30-21-9-14(24)3-6-18(21)27)11-29-20-8-13(23)2-5-17(20)26/h1-9,15,28-30H,10-11H2. The lowest BCUT2D eigenvalue weighted by molar-refractivity contribution is 0.786. The van der Waals surface area contributed by atoms with Gasteiger partial charge in [-0.1, -0.05) is 69.6 Å². The van der Waals surface area contributed by atoms with Crippen LogP contribution in [-0.2, 0) is 0 Å². The summed E-state index contributed by atoms with van der Waals surface area (Å²) < 4.78 is 0. The summed E-state index contributed by atoms with van der Waals surface area (Å²) in [6.07, 6.45) is 0. The molecule has 3 aromatic rings. The van der Waals surface area contributed by atoms with Crippen molar-refractivity contribution in [3.05, 3.63) is 84.7 Å². The van der Waals surface area contributed by atoms with Crippen molar-refractivity contribution in [2.45, 2.75) is 6.04 Å². The Balaban J connectivity index is 1.77. The van der Waals surface area contributed by atoms with Gasteiger partial charge in [0.15, 0.2) is 0 Å². The molecule has 0 aromatic heterocycles. The zero-order valence-corrected chi connectivity index (χ0v) is 20.0. The van der Waals surface area contributed by atoms with Crippen LogP contribution in [0.15, 0.2) is 54.6 Å². The molecule has 158 valence electrons. The molecule has 0 atom stereocenters. The lowest BCUT2D eigenvalue weighted by Gasteiger charge is -2.23. The first-order chi connectivity index (χ1) is 14.3.